The quantitative estimate of drug-likeness (QED) is 0.803. The minimum atomic E-state index is -0.969. The SMILES string of the molecule is CC(CN)n1c(-c2cccc(F)c2)nc2cc(F)c(F)cc21. The first kappa shape index (κ1) is 14.6. The molecular weight excluding hydrogens is 291 g/mol. The molecule has 0 amide bonds. The Kier molecular flexibility index (Phi) is 3.62. The van der Waals surface area contributed by atoms with Gasteiger partial charge in [0.25, 0.3) is 0 Å². The van der Waals surface area contributed by atoms with Crippen molar-refractivity contribution in [1.29, 1.82) is 0 Å². The van der Waals surface area contributed by atoms with Crippen LogP contribution < -0.4 is 5.73 Å². The summed E-state index contributed by atoms with van der Waals surface area (Å²) >= 11 is 0. The van der Waals surface area contributed by atoms with Crippen LogP contribution in [0.3, 0.4) is 0 Å². The third-order valence-electron chi connectivity index (χ3n) is 3.60. The Morgan fingerprint density at radius 3 is 2.55 bits per heavy atom. The lowest BCUT2D eigenvalue weighted by Gasteiger charge is -2.16. The van der Waals surface area contributed by atoms with E-state index in [2.05, 4.69) is 4.98 Å². The molecule has 2 aromatic carbocycles. The summed E-state index contributed by atoms with van der Waals surface area (Å²) in [4.78, 5) is 4.33. The zero-order valence-corrected chi connectivity index (χ0v) is 11.9. The minimum Gasteiger partial charge on any atom is -0.328 e. The number of benzene rings is 2. The number of hydrogen-bond acceptors (Lipinski definition) is 2. The second-order valence-electron chi connectivity index (χ2n) is 5.16. The first-order chi connectivity index (χ1) is 10.5. The lowest BCUT2D eigenvalue weighted by Crippen LogP contribution is -2.17. The molecule has 0 fully saturated rings. The van der Waals surface area contributed by atoms with Gasteiger partial charge in [0.2, 0.25) is 0 Å². The molecule has 114 valence electrons. The average molecular weight is 305 g/mol. The second-order valence-corrected chi connectivity index (χ2v) is 5.16. The number of imidazole rings is 1. The molecule has 0 aliphatic rings. The maximum atomic E-state index is 13.6. The van der Waals surface area contributed by atoms with Crippen molar-refractivity contribution in [2.24, 2.45) is 5.73 Å². The van der Waals surface area contributed by atoms with Gasteiger partial charge in [-0.2, -0.15) is 0 Å². The second kappa shape index (κ2) is 5.46. The summed E-state index contributed by atoms with van der Waals surface area (Å²) < 4.78 is 42.2. The molecule has 0 bridgehead atoms. The summed E-state index contributed by atoms with van der Waals surface area (Å²) in [5.41, 5.74) is 6.96. The predicted octanol–water partition coefficient (Wildman–Crippen LogP) is 3.64. The number of aromatic nitrogens is 2. The maximum absolute atomic E-state index is 13.6. The summed E-state index contributed by atoms with van der Waals surface area (Å²) in [7, 11) is 0. The fourth-order valence-electron chi connectivity index (χ4n) is 2.47. The lowest BCUT2D eigenvalue weighted by molar-refractivity contribution is 0.509. The van der Waals surface area contributed by atoms with Crippen LogP contribution in [0.5, 0.6) is 0 Å². The number of fused-ring (bicyclic) bond motifs is 1. The van der Waals surface area contributed by atoms with Crippen molar-refractivity contribution in [1.82, 2.24) is 9.55 Å². The number of nitrogens with zero attached hydrogens (tertiary/aromatic N) is 2. The Morgan fingerprint density at radius 1 is 1.14 bits per heavy atom. The van der Waals surface area contributed by atoms with E-state index >= 15 is 0 Å². The predicted molar refractivity (Wildman–Crippen MR) is 78.8 cm³/mol. The van der Waals surface area contributed by atoms with E-state index in [0.717, 1.165) is 12.1 Å². The lowest BCUT2D eigenvalue weighted by atomic mass is 10.2. The van der Waals surface area contributed by atoms with Gasteiger partial charge in [0.1, 0.15) is 11.6 Å². The zero-order valence-electron chi connectivity index (χ0n) is 11.9. The molecule has 3 rings (SSSR count). The van der Waals surface area contributed by atoms with Crippen LogP contribution in [-0.2, 0) is 0 Å². The standard InChI is InChI=1S/C16H14F3N3/c1-9(8-20)22-15-7-13(19)12(18)6-14(15)21-16(22)10-3-2-4-11(17)5-10/h2-7,9H,8,20H2,1H3. The van der Waals surface area contributed by atoms with E-state index in [1.807, 2.05) is 6.92 Å². The highest BCUT2D eigenvalue weighted by Crippen LogP contribution is 2.29. The van der Waals surface area contributed by atoms with E-state index in [9.17, 15) is 13.2 Å². The van der Waals surface area contributed by atoms with Gasteiger partial charge in [0.15, 0.2) is 11.6 Å². The molecule has 0 aliphatic carbocycles. The normalized spacial score (nSPS) is 12.8. The van der Waals surface area contributed by atoms with Crippen LogP contribution in [0.1, 0.15) is 13.0 Å². The molecule has 1 aromatic heterocycles. The Hall–Kier alpha value is -2.34. The molecule has 0 spiro atoms. The Labute approximate surface area is 125 Å². The molecule has 0 aliphatic heterocycles. The van der Waals surface area contributed by atoms with Crippen LogP contribution in [0.4, 0.5) is 13.2 Å². The van der Waals surface area contributed by atoms with Gasteiger partial charge in [-0.25, -0.2) is 18.2 Å². The molecule has 3 nitrogen and oxygen atoms in total. The van der Waals surface area contributed by atoms with Gasteiger partial charge in [-0.15, -0.1) is 0 Å². The van der Waals surface area contributed by atoms with Gasteiger partial charge in [-0.05, 0) is 19.1 Å². The van der Waals surface area contributed by atoms with Crippen molar-refractivity contribution in [2.45, 2.75) is 13.0 Å². The molecule has 22 heavy (non-hydrogen) atoms. The van der Waals surface area contributed by atoms with Gasteiger partial charge in [-0.3, -0.25) is 0 Å². The van der Waals surface area contributed by atoms with Crippen molar-refractivity contribution < 1.29 is 13.2 Å². The number of hydrogen-bond donors (Lipinski definition) is 1. The number of nitrogens with two attached hydrogens (primary N) is 1. The van der Waals surface area contributed by atoms with Gasteiger partial charge in [-0.1, -0.05) is 12.1 Å². The summed E-state index contributed by atoms with van der Waals surface area (Å²) in [6.45, 7) is 2.12. The fourth-order valence-corrected chi connectivity index (χ4v) is 2.47. The summed E-state index contributed by atoms with van der Waals surface area (Å²) in [5, 5.41) is 0. The summed E-state index contributed by atoms with van der Waals surface area (Å²) in [6.07, 6.45) is 0. The Morgan fingerprint density at radius 2 is 1.86 bits per heavy atom. The molecule has 1 atom stereocenters. The Bertz CT molecular complexity index is 842. The van der Waals surface area contributed by atoms with Gasteiger partial charge in [0, 0.05) is 30.3 Å². The topological polar surface area (TPSA) is 43.8 Å². The van der Waals surface area contributed by atoms with Crippen LogP contribution in [0.25, 0.3) is 22.4 Å². The molecule has 6 heteroatoms. The Balaban J connectivity index is 2.33. The van der Waals surface area contributed by atoms with Crippen LogP contribution in [0.2, 0.25) is 0 Å². The summed E-state index contributed by atoms with van der Waals surface area (Å²) in [5.74, 6) is -1.90. The molecule has 0 saturated heterocycles. The van der Waals surface area contributed by atoms with Crippen molar-refractivity contribution in [3.63, 3.8) is 0 Å². The molecular formula is C16H14F3N3. The minimum absolute atomic E-state index is 0.201. The van der Waals surface area contributed by atoms with E-state index in [1.165, 1.54) is 12.1 Å². The van der Waals surface area contributed by atoms with Crippen LogP contribution in [-0.4, -0.2) is 16.1 Å². The van der Waals surface area contributed by atoms with E-state index in [1.54, 1.807) is 16.7 Å². The summed E-state index contributed by atoms with van der Waals surface area (Å²) in [6, 6.07) is 7.82. The smallest absolute Gasteiger partial charge is 0.161 e. The first-order valence-corrected chi connectivity index (χ1v) is 6.84. The molecule has 3 aromatic rings. The third-order valence-corrected chi connectivity index (χ3v) is 3.60. The molecule has 1 heterocycles. The van der Waals surface area contributed by atoms with E-state index < -0.39 is 17.5 Å². The molecule has 0 radical (unpaired) electrons. The van der Waals surface area contributed by atoms with Crippen molar-refractivity contribution in [3.8, 4) is 11.4 Å². The maximum Gasteiger partial charge on any atom is 0.161 e. The van der Waals surface area contributed by atoms with Gasteiger partial charge >= 0.3 is 0 Å². The first-order valence-electron chi connectivity index (χ1n) is 6.84. The highest BCUT2D eigenvalue weighted by Gasteiger charge is 2.19. The highest BCUT2D eigenvalue weighted by atomic mass is 19.2. The van der Waals surface area contributed by atoms with Gasteiger partial charge in [0.05, 0.1) is 11.0 Å². The van der Waals surface area contributed by atoms with Crippen LogP contribution >= 0.6 is 0 Å². The van der Waals surface area contributed by atoms with Crippen LogP contribution in [0, 0.1) is 17.5 Å². The van der Waals surface area contributed by atoms with Crippen LogP contribution in [0.15, 0.2) is 36.4 Å². The molecule has 0 saturated carbocycles. The van der Waals surface area contributed by atoms with E-state index in [-0.39, 0.29) is 12.6 Å². The third kappa shape index (κ3) is 2.35. The number of rotatable bonds is 3. The van der Waals surface area contributed by atoms with Crippen molar-refractivity contribution in [2.75, 3.05) is 6.54 Å². The fraction of sp³-hybridized carbons (Fsp3) is 0.188. The van der Waals surface area contributed by atoms with E-state index in [0.29, 0.717) is 22.4 Å². The van der Waals surface area contributed by atoms with Crippen molar-refractivity contribution >= 4 is 11.0 Å². The average Bonchev–Trinajstić information content (AvgIpc) is 2.85. The highest BCUT2D eigenvalue weighted by molar-refractivity contribution is 5.81. The zero-order chi connectivity index (χ0) is 15.9. The molecule has 1 unspecified atom stereocenters. The number of halogens is 3. The van der Waals surface area contributed by atoms with E-state index in [4.69, 9.17) is 5.73 Å². The monoisotopic (exact) mass is 305 g/mol. The largest absolute Gasteiger partial charge is 0.328 e. The molecule has 2 N–H and O–H groups in total. The van der Waals surface area contributed by atoms with Gasteiger partial charge < -0.3 is 10.3 Å². The van der Waals surface area contributed by atoms with Crippen molar-refractivity contribution in [3.05, 3.63) is 53.8 Å².